The maximum absolute atomic E-state index is 12.9. The van der Waals surface area contributed by atoms with Gasteiger partial charge in [0.25, 0.3) is 0 Å². The Morgan fingerprint density at radius 3 is 2.44 bits per heavy atom. The predicted molar refractivity (Wildman–Crippen MR) is 108 cm³/mol. The van der Waals surface area contributed by atoms with Crippen LogP contribution in [0.3, 0.4) is 0 Å². The predicted octanol–water partition coefficient (Wildman–Crippen LogP) is 4.83. The Kier molecular flexibility index (Phi) is 4.92. The van der Waals surface area contributed by atoms with Gasteiger partial charge >= 0.3 is 5.97 Å². The Hall–Kier alpha value is -1.46. The van der Waals surface area contributed by atoms with Gasteiger partial charge in [-0.3, -0.25) is 9.59 Å². The zero-order valence-corrected chi connectivity index (χ0v) is 18.6. The fourth-order valence-electron chi connectivity index (χ4n) is 4.45. The minimum atomic E-state index is -2.20. The Bertz CT molecular complexity index is 764. The van der Waals surface area contributed by atoms with Gasteiger partial charge in [-0.15, -0.1) is 0 Å². The summed E-state index contributed by atoms with van der Waals surface area (Å²) >= 11 is 0. The number of carbonyl (C=O) groups excluding carboxylic acids is 2. The van der Waals surface area contributed by atoms with Crippen LogP contribution < -0.4 is 0 Å². The molecule has 3 rings (SSSR count). The van der Waals surface area contributed by atoms with Crippen LogP contribution in [0.5, 0.6) is 0 Å². The third-order valence-corrected chi connectivity index (χ3v) is 11.4. The van der Waals surface area contributed by atoms with Crippen LogP contribution in [0.2, 0.25) is 18.1 Å². The number of ether oxygens (including phenoxy) is 1. The fourth-order valence-corrected chi connectivity index (χ4v) is 6.03. The smallest absolute Gasteiger partial charge is 0.303 e. The maximum Gasteiger partial charge on any atom is 0.303 e. The number of rotatable bonds is 3. The van der Waals surface area contributed by atoms with E-state index in [-0.39, 0.29) is 28.6 Å². The van der Waals surface area contributed by atoms with E-state index in [2.05, 4.69) is 39.9 Å². The monoisotopic (exact) mass is 388 g/mol. The molecule has 4 atom stereocenters. The molecular weight excluding hydrogens is 356 g/mol. The van der Waals surface area contributed by atoms with Gasteiger partial charge < -0.3 is 9.16 Å². The molecule has 4 nitrogen and oxygen atoms in total. The van der Waals surface area contributed by atoms with Crippen molar-refractivity contribution >= 4 is 20.1 Å². The molecule has 1 saturated carbocycles. The fraction of sp³-hybridized carbons (Fsp3) is 0.636. The van der Waals surface area contributed by atoms with Crippen LogP contribution in [0.15, 0.2) is 24.3 Å². The summed E-state index contributed by atoms with van der Waals surface area (Å²) in [6, 6.07) is 8.07. The van der Waals surface area contributed by atoms with Crippen molar-refractivity contribution in [3.05, 3.63) is 35.4 Å². The van der Waals surface area contributed by atoms with Gasteiger partial charge in [0.05, 0.1) is 0 Å². The van der Waals surface area contributed by atoms with Gasteiger partial charge in [-0.1, -0.05) is 52.0 Å². The summed E-state index contributed by atoms with van der Waals surface area (Å²) in [5, 5.41) is -0.00108. The summed E-state index contributed by atoms with van der Waals surface area (Å²) in [7, 11) is -2.20. The minimum Gasteiger partial charge on any atom is -0.455 e. The minimum absolute atomic E-state index is 0.00108. The van der Waals surface area contributed by atoms with Gasteiger partial charge in [-0.2, -0.15) is 0 Å². The highest BCUT2D eigenvalue weighted by Gasteiger charge is 2.63. The van der Waals surface area contributed by atoms with Gasteiger partial charge in [0, 0.05) is 25.2 Å². The molecule has 0 radical (unpaired) electrons. The molecule has 1 aromatic carbocycles. The molecule has 0 aliphatic heterocycles. The molecule has 27 heavy (non-hydrogen) atoms. The van der Waals surface area contributed by atoms with Crippen molar-refractivity contribution in [2.24, 2.45) is 11.8 Å². The largest absolute Gasteiger partial charge is 0.455 e. The Morgan fingerprint density at radius 2 is 1.85 bits per heavy atom. The summed E-state index contributed by atoms with van der Waals surface area (Å²) in [4.78, 5) is 24.9. The van der Waals surface area contributed by atoms with Crippen molar-refractivity contribution < 1.29 is 18.8 Å². The van der Waals surface area contributed by atoms with Gasteiger partial charge in [0.1, 0.15) is 11.4 Å². The highest BCUT2D eigenvalue weighted by molar-refractivity contribution is 6.74. The Balaban J connectivity index is 2.18. The van der Waals surface area contributed by atoms with Crippen molar-refractivity contribution in [1.82, 2.24) is 0 Å². The second kappa shape index (κ2) is 6.56. The second-order valence-electron chi connectivity index (χ2n) is 9.75. The topological polar surface area (TPSA) is 52.6 Å². The molecule has 2 aliphatic rings. The van der Waals surface area contributed by atoms with E-state index in [0.29, 0.717) is 6.42 Å². The van der Waals surface area contributed by atoms with E-state index in [1.807, 2.05) is 25.1 Å². The molecule has 0 heterocycles. The first-order valence-electron chi connectivity index (χ1n) is 9.87. The number of benzene rings is 1. The molecule has 0 saturated heterocycles. The van der Waals surface area contributed by atoms with E-state index in [4.69, 9.17) is 9.16 Å². The highest BCUT2D eigenvalue weighted by Crippen LogP contribution is 2.57. The molecule has 0 unspecified atom stereocenters. The van der Waals surface area contributed by atoms with Crippen molar-refractivity contribution in [3.63, 3.8) is 0 Å². The van der Waals surface area contributed by atoms with Crippen molar-refractivity contribution in [1.29, 1.82) is 0 Å². The lowest BCUT2D eigenvalue weighted by molar-refractivity contribution is -0.170. The van der Waals surface area contributed by atoms with Gasteiger partial charge in [0.15, 0.2) is 14.4 Å². The van der Waals surface area contributed by atoms with Crippen molar-refractivity contribution in [3.8, 4) is 0 Å². The van der Waals surface area contributed by atoms with E-state index < -0.39 is 20.0 Å². The highest BCUT2D eigenvalue weighted by atomic mass is 28.4. The third kappa shape index (κ3) is 3.29. The van der Waals surface area contributed by atoms with Crippen LogP contribution in [0.1, 0.15) is 58.3 Å². The molecule has 1 fully saturated rings. The number of hydrogen-bond donors (Lipinski definition) is 0. The molecular formula is C22H32O4Si. The van der Waals surface area contributed by atoms with E-state index in [1.54, 1.807) is 0 Å². The normalized spacial score (nSPS) is 30.6. The zero-order chi connectivity index (χ0) is 20.2. The summed E-state index contributed by atoms with van der Waals surface area (Å²) in [6.45, 7) is 14.4. The van der Waals surface area contributed by atoms with E-state index >= 15 is 0 Å². The average Bonchev–Trinajstić information content (AvgIpc) is 2.77. The summed E-state index contributed by atoms with van der Waals surface area (Å²) in [5.74, 6) is -0.191. The summed E-state index contributed by atoms with van der Waals surface area (Å²) < 4.78 is 12.9. The molecule has 1 aromatic rings. The van der Waals surface area contributed by atoms with Crippen LogP contribution >= 0.6 is 0 Å². The molecule has 0 amide bonds. The quantitative estimate of drug-likeness (QED) is 0.549. The first kappa shape index (κ1) is 20.3. The SMILES string of the molecule is CC(=O)O[C@@H]1c2ccccc2C[C@H]2[C@H](C)C(=O)C[C@]12O[Si](C)(C)C(C)(C)C. The molecule has 2 aliphatic carbocycles. The molecule has 0 aromatic heterocycles. The van der Waals surface area contributed by atoms with Gasteiger partial charge in [0.2, 0.25) is 0 Å². The number of Topliss-reactive ketones (excluding diaryl/α,β-unsaturated/α-hetero) is 1. The van der Waals surface area contributed by atoms with E-state index in [9.17, 15) is 9.59 Å². The van der Waals surface area contributed by atoms with Gasteiger partial charge in [-0.05, 0) is 35.7 Å². The molecule has 5 heteroatoms. The molecule has 0 spiro atoms. The Labute approximate surface area is 163 Å². The summed E-state index contributed by atoms with van der Waals surface area (Å²) in [5.41, 5.74) is 1.38. The van der Waals surface area contributed by atoms with Crippen LogP contribution in [0.25, 0.3) is 0 Å². The average molecular weight is 389 g/mol. The molecule has 148 valence electrons. The first-order valence-corrected chi connectivity index (χ1v) is 12.8. The van der Waals surface area contributed by atoms with Crippen LogP contribution in [-0.4, -0.2) is 25.7 Å². The number of fused-ring (bicyclic) bond motifs is 2. The molecule has 0 bridgehead atoms. The van der Waals surface area contributed by atoms with Crippen LogP contribution in [0, 0.1) is 11.8 Å². The van der Waals surface area contributed by atoms with Crippen LogP contribution in [0.4, 0.5) is 0 Å². The number of ketones is 1. The standard InChI is InChI=1S/C22H32O4Si/c1-14-18-12-16-10-8-9-11-17(16)20(25-15(2)23)22(18,13-19(14)24)26-27(6,7)21(3,4)5/h8-11,14,18,20H,12-13H2,1-7H3/t14-,18-,20+,22+/m0/s1. The number of esters is 1. The number of carbonyl (C=O) groups is 2. The van der Waals surface area contributed by atoms with E-state index in [0.717, 1.165) is 17.5 Å². The zero-order valence-electron chi connectivity index (χ0n) is 17.6. The van der Waals surface area contributed by atoms with Crippen LogP contribution in [-0.2, 0) is 25.2 Å². The molecule has 0 N–H and O–H groups in total. The third-order valence-electron chi connectivity index (χ3n) is 6.95. The van der Waals surface area contributed by atoms with E-state index in [1.165, 1.54) is 6.92 Å². The number of hydrogen-bond acceptors (Lipinski definition) is 4. The Morgan fingerprint density at radius 1 is 1.22 bits per heavy atom. The lowest BCUT2D eigenvalue weighted by atomic mass is 9.70. The second-order valence-corrected chi connectivity index (χ2v) is 14.5. The summed E-state index contributed by atoms with van der Waals surface area (Å²) in [6.07, 6.45) is 0.570. The first-order chi connectivity index (χ1) is 12.4. The lowest BCUT2D eigenvalue weighted by Gasteiger charge is -2.52. The van der Waals surface area contributed by atoms with Crippen molar-refractivity contribution in [2.45, 2.75) is 77.3 Å². The van der Waals surface area contributed by atoms with Crippen molar-refractivity contribution in [2.75, 3.05) is 0 Å². The maximum atomic E-state index is 12.9. The lowest BCUT2D eigenvalue weighted by Crippen LogP contribution is -2.57. The van der Waals surface area contributed by atoms with Gasteiger partial charge in [-0.25, -0.2) is 0 Å².